The highest BCUT2D eigenvalue weighted by Gasteiger charge is 2.59. The van der Waals surface area contributed by atoms with Gasteiger partial charge in [0.05, 0.1) is 10.8 Å². The quantitative estimate of drug-likeness (QED) is 0.723. The van der Waals surface area contributed by atoms with E-state index in [1.807, 2.05) is 13.8 Å². The van der Waals surface area contributed by atoms with E-state index < -0.39 is 10.8 Å². The van der Waals surface area contributed by atoms with Gasteiger partial charge in [0, 0.05) is 26.2 Å². The Hall–Kier alpha value is -0.810. The second-order valence-corrected chi connectivity index (χ2v) is 6.90. The summed E-state index contributed by atoms with van der Waals surface area (Å²) < 4.78 is 0. The van der Waals surface area contributed by atoms with Gasteiger partial charge in [0.1, 0.15) is 11.8 Å². The van der Waals surface area contributed by atoms with Gasteiger partial charge in [-0.2, -0.15) is 0 Å². The summed E-state index contributed by atoms with van der Waals surface area (Å²) in [6.07, 6.45) is 1.18. The van der Waals surface area contributed by atoms with Crippen LogP contribution in [0.3, 0.4) is 0 Å². The number of Topliss-reactive ketones (excluding diaryl/α,β-unsaturated/α-hetero) is 1. The number of rotatable bonds is 4. The van der Waals surface area contributed by atoms with E-state index in [-0.39, 0.29) is 29.4 Å². The van der Waals surface area contributed by atoms with E-state index in [0.29, 0.717) is 39.0 Å². The molecule has 0 aliphatic carbocycles. The normalized spacial score (nSPS) is 31.4. The number of hydrogen-bond acceptors (Lipinski definition) is 3. The largest absolute Gasteiger partial charge is 0.340 e. The van der Waals surface area contributed by atoms with Crippen LogP contribution < -0.4 is 0 Å². The third-order valence-corrected chi connectivity index (χ3v) is 5.68. The van der Waals surface area contributed by atoms with Crippen LogP contribution in [0.15, 0.2) is 0 Å². The number of alkyl halides is 2. The minimum Gasteiger partial charge on any atom is -0.340 e. The zero-order valence-electron chi connectivity index (χ0n) is 13.0. The highest BCUT2D eigenvalue weighted by molar-refractivity contribution is 6.27. The number of likely N-dealkylation sites (tertiary alicyclic amines) is 2. The highest BCUT2D eigenvalue weighted by atomic mass is 35.5. The molecule has 2 aliphatic rings. The van der Waals surface area contributed by atoms with Crippen molar-refractivity contribution in [1.29, 1.82) is 0 Å². The Morgan fingerprint density at radius 3 is 1.45 bits per heavy atom. The number of ketones is 1. The summed E-state index contributed by atoms with van der Waals surface area (Å²) in [7, 11) is 0. The molecule has 0 aromatic rings. The third kappa shape index (κ3) is 2.62. The molecule has 124 valence electrons. The summed E-state index contributed by atoms with van der Waals surface area (Å²) >= 11 is 11.4. The van der Waals surface area contributed by atoms with Crippen LogP contribution in [0.2, 0.25) is 0 Å². The molecule has 0 atom stereocenters. The first-order valence-electron chi connectivity index (χ1n) is 7.60. The average Bonchev–Trinajstić information content (AvgIpc) is 2.53. The van der Waals surface area contributed by atoms with Crippen molar-refractivity contribution in [3.05, 3.63) is 0 Å². The topological polar surface area (TPSA) is 57.7 Å². The molecular weight excluding hydrogens is 327 g/mol. The molecule has 2 aliphatic heterocycles. The van der Waals surface area contributed by atoms with Crippen LogP contribution in [0.1, 0.15) is 26.7 Å². The Morgan fingerprint density at radius 1 is 0.909 bits per heavy atom. The van der Waals surface area contributed by atoms with Crippen LogP contribution in [-0.2, 0) is 14.4 Å². The van der Waals surface area contributed by atoms with E-state index in [0.717, 1.165) is 0 Å². The van der Waals surface area contributed by atoms with E-state index in [2.05, 4.69) is 0 Å². The van der Waals surface area contributed by atoms with Crippen LogP contribution in [0.4, 0.5) is 0 Å². The standard InChI is InChI=1S/C15H22Cl2N2O3/c1-3-14-7-18(11(20)5-16)9-15(4-2,13(14)22)10-19(8-14)12(21)6-17/h3-10H2,1-2H3. The molecule has 0 spiro atoms. The summed E-state index contributed by atoms with van der Waals surface area (Å²) in [5.74, 6) is -0.290. The van der Waals surface area contributed by atoms with E-state index in [9.17, 15) is 14.4 Å². The highest BCUT2D eigenvalue weighted by Crippen LogP contribution is 2.46. The number of carbonyl (C=O) groups excluding carboxylic acids is 3. The van der Waals surface area contributed by atoms with E-state index in [1.54, 1.807) is 9.80 Å². The zero-order chi connectivity index (χ0) is 16.5. The number of nitrogens with zero attached hydrogens (tertiary/aromatic N) is 2. The Kier molecular flexibility index (Phi) is 5.07. The van der Waals surface area contributed by atoms with Crippen LogP contribution in [0, 0.1) is 10.8 Å². The van der Waals surface area contributed by atoms with Gasteiger partial charge in [-0.25, -0.2) is 0 Å². The number of fused-ring (bicyclic) bond motifs is 2. The number of hydrogen-bond donors (Lipinski definition) is 0. The molecular formula is C15H22Cl2N2O3. The lowest BCUT2D eigenvalue weighted by molar-refractivity contribution is -0.169. The molecule has 2 bridgehead atoms. The van der Waals surface area contributed by atoms with Gasteiger partial charge in [0.25, 0.3) is 0 Å². The predicted molar refractivity (Wildman–Crippen MR) is 85.1 cm³/mol. The first-order chi connectivity index (χ1) is 10.4. The van der Waals surface area contributed by atoms with Gasteiger partial charge in [0.15, 0.2) is 5.78 Å². The van der Waals surface area contributed by atoms with Crippen LogP contribution in [-0.4, -0.2) is 65.3 Å². The number of halogens is 2. The molecule has 22 heavy (non-hydrogen) atoms. The summed E-state index contributed by atoms with van der Waals surface area (Å²) in [5, 5.41) is 0. The lowest BCUT2D eigenvalue weighted by Crippen LogP contribution is -2.71. The number of carbonyl (C=O) groups is 3. The SMILES string of the molecule is CCC12CN(C(=O)CCl)CC(CC)(CN(C(=O)CCl)C1)C2=O. The van der Waals surface area contributed by atoms with E-state index in [4.69, 9.17) is 23.2 Å². The van der Waals surface area contributed by atoms with Gasteiger partial charge in [0.2, 0.25) is 11.8 Å². The van der Waals surface area contributed by atoms with Gasteiger partial charge in [-0.05, 0) is 12.8 Å². The molecule has 2 heterocycles. The fourth-order valence-electron chi connectivity index (χ4n) is 3.81. The molecule has 0 aromatic heterocycles. The van der Waals surface area contributed by atoms with Crippen molar-refractivity contribution >= 4 is 40.8 Å². The summed E-state index contributed by atoms with van der Waals surface area (Å²) in [5.41, 5.74) is -1.40. The zero-order valence-corrected chi connectivity index (χ0v) is 14.5. The minimum absolute atomic E-state index is 0.0852. The van der Waals surface area contributed by atoms with Crippen LogP contribution >= 0.6 is 23.2 Å². The Balaban J connectivity index is 2.43. The molecule has 0 unspecified atom stereocenters. The van der Waals surface area contributed by atoms with Crippen molar-refractivity contribution in [3.8, 4) is 0 Å². The summed E-state index contributed by atoms with van der Waals surface area (Å²) in [6.45, 7) is 5.20. The van der Waals surface area contributed by atoms with Crippen molar-refractivity contribution in [1.82, 2.24) is 9.80 Å². The summed E-state index contributed by atoms with van der Waals surface area (Å²) in [4.78, 5) is 40.6. The third-order valence-electron chi connectivity index (χ3n) is 5.23. The van der Waals surface area contributed by atoms with Crippen molar-refractivity contribution < 1.29 is 14.4 Å². The molecule has 0 aromatic carbocycles. The van der Waals surface area contributed by atoms with Crippen molar-refractivity contribution in [3.63, 3.8) is 0 Å². The lowest BCUT2D eigenvalue weighted by Gasteiger charge is -2.57. The van der Waals surface area contributed by atoms with Crippen molar-refractivity contribution in [2.24, 2.45) is 10.8 Å². The molecule has 2 rings (SSSR count). The van der Waals surface area contributed by atoms with Crippen LogP contribution in [0.25, 0.3) is 0 Å². The second-order valence-electron chi connectivity index (χ2n) is 6.36. The molecule has 0 radical (unpaired) electrons. The molecule has 2 amide bonds. The maximum Gasteiger partial charge on any atom is 0.237 e. The van der Waals surface area contributed by atoms with Crippen molar-refractivity contribution in [2.75, 3.05) is 37.9 Å². The molecule has 5 nitrogen and oxygen atoms in total. The Morgan fingerprint density at radius 2 is 1.23 bits per heavy atom. The van der Waals surface area contributed by atoms with Gasteiger partial charge < -0.3 is 9.80 Å². The predicted octanol–water partition coefficient (Wildman–Crippen LogP) is 1.51. The van der Waals surface area contributed by atoms with Gasteiger partial charge in [-0.15, -0.1) is 23.2 Å². The minimum atomic E-state index is -0.698. The molecule has 0 N–H and O–H groups in total. The molecule has 7 heteroatoms. The first-order valence-corrected chi connectivity index (χ1v) is 8.67. The smallest absolute Gasteiger partial charge is 0.237 e. The lowest BCUT2D eigenvalue weighted by atomic mass is 9.60. The van der Waals surface area contributed by atoms with Gasteiger partial charge in [-0.1, -0.05) is 13.8 Å². The van der Waals surface area contributed by atoms with E-state index in [1.165, 1.54) is 0 Å². The Bertz CT molecular complexity index is 441. The van der Waals surface area contributed by atoms with Gasteiger partial charge >= 0.3 is 0 Å². The fourth-order valence-corrected chi connectivity index (χ4v) is 4.15. The monoisotopic (exact) mass is 348 g/mol. The van der Waals surface area contributed by atoms with Gasteiger partial charge in [-0.3, -0.25) is 14.4 Å². The summed E-state index contributed by atoms with van der Waals surface area (Å²) in [6, 6.07) is 0. The van der Waals surface area contributed by atoms with Crippen LogP contribution in [0.5, 0.6) is 0 Å². The van der Waals surface area contributed by atoms with Crippen molar-refractivity contribution in [2.45, 2.75) is 26.7 Å². The Labute approximate surface area is 140 Å². The molecule has 2 saturated heterocycles. The number of piperidine rings is 2. The molecule has 0 saturated carbocycles. The first kappa shape index (κ1) is 17.5. The maximum atomic E-state index is 13.1. The van der Waals surface area contributed by atoms with E-state index >= 15 is 0 Å². The number of amides is 2. The molecule has 2 fully saturated rings. The fraction of sp³-hybridized carbons (Fsp3) is 0.800. The average molecular weight is 349 g/mol. The second kappa shape index (κ2) is 6.36. The maximum absolute atomic E-state index is 13.1.